The van der Waals surface area contributed by atoms with E-state index >= 15 is 0 Å². The van der Waals surface area contributed by atoms with Crippen molar-refractivity contribution >= 4 is 5.97 Å². The third kappa shape index (κ3) is 1.44. The lowest BCUT2D eigenvalue weighted by Gasteiger charge is -2.30. The Kier molecular flexibility index (Phi) is 2.10. The maximum Gasteiger partial charge on any atom is 0.345 e. The Balaban J connectivity index is 2.64. The number of aliphatic carboxylic acids is 1. The van der Waals surface area contributed by atoms with Crippen molar-refractivity contribution in [1.82, 2.24) is 9.97 Å². The van der Waals surface area contributed by atoms with Gasteiger partial charge in [0.1, 0.15) is 5.41 Å². The topological polar surface area (TPSA) is 83.0 Å². The molecule has 1 aliphatic rings. The molecule has 1 aromatic heterocycles. The van der Waals surface area contributed by atoms with Gasteiger partial charge in [0.15, 0.2) is 0 Å². The van der Waals surface area contributed by atoms with Crippen LogP contribution in [0.2, 0.25) is 0 Å². The van der Waals surface area contributed by atoms with Crippen LogP contribution in [0.5, 0.6) is 0 Å². The maximum absolute atomic E-state index is 11.2. The summed E-state index contributed by atoms with van der Waals surface area (Å²) in [6, 6.07) is 0. The number of hydrogen-bond donors (Lipinski definition) is 2. The van der Waals surface area contributed by atoms with Gasteiger partial charge in [-0.3, -0.25) is 4.79 Å². The predicted molar refractivity (Wildman–Crippen MR) is 52.8 cm³/mol. The van der Waals surface area contributed by atoms with Crippen LogP contribution in [0, 0.1) is 0 Å². The molecule has 0 aliphatic heterocycles. The molecular formula is C10H12N2O3. The number of rotatable bonds is 1. The predicted octanol–water partition coefficient (Wildman–Crippen LogP) is 0.448. The SMILES string of the molecule is CC1(C(=O)O)CCCc2cnc(=O)[nH]c21. The summed E-state index contributed by atoms with van der Waals surface area (Å²) >= 11 is 0. The molecule has 1 heterocycles. The second kappa shape index (κ2) is 3.18. The molecule has 0 radical (unpaired) electrons. The van der Waals surface area contributed by atoms with Crippen LogP contribution in [0.25, 0.3) is 0 Å². The lowest BCUT2D eigenvalue weighted by atomic mass is 9.75. The highest BCUT2D eigenvalue weighted by Gasteiger charge is 2.40. The molecule has 1 atom stereocenters. The molecule has 0 fully saturated rings. The van der Waals surface area contributed by atoms with Gasteiger partial charge in [0, 0.05) is 11.9 Å². The van der Waals surface area contributed by atoms with Gasteiger partial charge in [-0.25, -0.2) is 9.78 Å². The van der Waals surface area contributed by atoms with E-state index in [1.165, 1.54) is 6.20 Å². The number of nitrogens with one attached hydrogen (secondary N) is 1. The second-order valence-electron chi connectivity index (χ2n) is 4.08. The first-order valence-corrected chi connectivity index (χ1v) is 4.86. The van der Waals surface area contributed by atoms with E-state index in [-0.39, 0.29) is 0 Å². The van der Waals surface area contributed by atoms with E-state index in [4.69, 9.17) is 0 Å². The van der Waals surface area contributed by atoms with Crippen LogP contribution in [-0.2, 0) is 16.6 Å². The number of fused-ring (bicyclic) bond motifs is 1. The molecule has 1 unspecified atom stereocenters. The molecule has 1 aliphatic carbocycles. The van der Waals surface area contributed by atoms with Crippen LogP contribution in [0.15, 0.2) is 11.0 Å². The zero-order valence-corrected chi connectivity index (χ0v) is 8.41. The average molecular weight is 208 g/mol. The van der Waals surface area contributed by atoms with Crippen molar-refractivity contribution in [1.29, 1.82) is 0 Å². The molecule has 0 spiro atoms. The number of aryl methyl sites for hydroxylation is 1. The van der Waals surface area contributed by atoms with E-state index in [0.717, 1.165) is 18.4 Å². The summed E-state index contributed by atoms with van der Waals surface area (Å²) in [4.78, 5) is 28.5. The fraction of sp³-hybridized carbons (Fsp3) is 0.500. The molecule has 80 valence electrons. The quantitative estimate of drug-likeness (QED) is 0.701. The summed E-state index contributed by atoms with van der Waals surface area (Å²) in [5.74, 6) is -0.898. The Morgan fingerprint density at radius 1 is 1.67 bits per heavy atom. The summed E-state index contributed by atoms with van der Waals surface area (Å²) in [6.07, 6.45) is 3.62. The number of hydrogen-bond acceptors (Lipinski definition) is 3. The second-order valence-corrected chi connectivity index (χ2v) is 4.08. The molecule has 0 saturated carbocycles. The lowest BCUT2D eigenvalue weighted by Crippen LogP contribution is -2.39. The van der Waals surface area contributed by atoms with Gasteiger partial charge in [-0.05, 0) is 31.7 Å². The maximum atomic E-state index is 11.2. The first-order valence-electron chi connectivity index (χ1n) is 4.86. The smallest absolute Gasteiger partial charge is 0.345 e. The summed E-state index contributed by atoms with van der Waals surface area (Å²) in [6.45, 7) is 1.64. The molecule has 0 aromatic carbocycles. The van der Waals surface area contributed by atoms with E-state index in [1.54, 1.807) is 6.92 Å². The van der Waals surface area contributed by atoms with Crippen LogP contribution in [-0.4, -0.2) is 21.0 Å². The minimum absolute atomic E-state index is 0.483. The van der Waals surface area contributed by atoms with Crippen LogP contribution < -0.4 is 5.69 Å². The number of carboxylic acid groups (broad SMARTS) is 1. The summed E-state index contributed by atoms with van der Waals surface area (Å²) in [7, 11) is 0. The fourth-order valence-electron chi connectivity index (χ4n) is 2.07. The molecular weight excluding hydrogens is 196 g/mol. The molecule has 1 aromatic rings. The third-order valence-corrected chi connectivity index (χ3v) is 3.04. The molecule has 0 saturated heterocycles. The number of carboxylic acids is 1. The first-order chi connectivity index (χ1) is 7.04. The van der Waals surface area contributed by atoms with Gasteiger partial charge < -0.3 is 10.1 Å². The van der Waals surface area contributed by atoms with Gasteiger partial charge in [0.2, 0.25) is 0 Å². The third-order valence-electron chi connectivity index (χ3n) is 3.04. The van der Waals surface area contributed by atoms with E-state index in [2.05, 4.69) is 9.97 Å². The zero-order chi connectivity index (χ0) is 11.1. The van der Waals surface area contributed by atoms with Gasteiger partial charge in [-0.15, -0.1) is 0 Å². The Morgan fingerprint density at radius 3 is 3.07 bits per heavy atom. The molecule has 0 bridgehead atoms. The fourth-order valence-corrected chi connectivity index (χ4v) is 2.07. The standard InChI is InChI=1S/C10H12N2O3/c1-10(8(13)14)4-2-3-6-5-11-9(15)12-7(6)10/h5H,2-4H2,1H3,(H,13,14)(H,11,12,15). The van der Waals surface area contributed by atoms with Crippen molar-refractivity contribution < 1.29 is 9.90 Å². The van der Waals surface area contributed by atoms with Crippen molar-refractivity contribution in [3.05, 3.63) is 27.9 Å². The largest absolute Gasteiger partial charge is 0.481 e. The normalized spacial score (nSPS) is 24.6. The Hall–Kier alpha value is -1.65. The van der Waals surface area contributed by atoms with Gasteiger partial charge in [-0.2, -0.15) is 0 Å². The van der Waals surface area contributed by atoms with Gasteiger partial charge in [-0.1, -0.05) is 0 Å². The number of H-pyrrole nitrogens is 1. The molecule has 0 amide bonds. The summed E-state index contributed by atoms with van der Waals surface area (Å²) in [5, 5.41) is 9.19. The Bertz CT molecular complexity index is 466. The average Bonchev–Trinajstić information content (AvgIpc) is 2.19. The lowest BCUT2D eigenvalue weighted by molar-refractivity contribution is -0.143. The minimum Gasteiger partial charge on any atom is -0.481 e. The number of aromatic amines is 1. The van der Waals surface area contributed by atoms with E-state index in [1.807, 2.05) is 0 Å². The van der Waals surface area contributed by atoms with Crippen LogP contribution in [0.4, 0.5) is 0 Å². The van der Waals surface area contributed by atoms with Crippen LogP contribution >= 0.6 is 0 Å². The van der Waals surface area contributed by atoms with Crippen LogP contribution in [0.3, 0.4) is 0 Å². The molecule has 2 N–H and O–H groups in total. The molecule has 15 heavy (non-hydrogen) atoms. The minimum atomic E-state index is -0.977. The molecule has 5 heteroatoms. The van der Waals surface area contributed by atoms with E-state index in [0.29, 0.717) is 12.1 Å². The van der Waals surface area contributed by atoms with Crippen molar-refractivity contribution in [3.63, 3.8) is 0 Å². The zero-order valence-electron chi connectivity index (χ0n) is 8.41. The van der Waals surface area contributed by atoms with Crippen molar-refractivity contribution in [3.8, 4) is 0 Å². The highest BCUT2D eigenvalue weighted by atomic mass is 16.4. The monoisotopic (exact) mass is 208 g/mol. The van der Waals surface area contributed by atoms with Crippen molar-refractivity contribution in [2.24, 2.45) is 0 Å². The van der Waals surface area contributed by atoms with Gasteiger partial charge in [0.25, 0.3) is 0 Å². The number of aromatic nitrogens is 2. The van der Waals surface area contributed by atoms with Crippen molar-refractivity contribution in [2.45, 2.75) is 31.6 Å². The first kappa shape index (κ1) is 9.89. The van der Waals surface area contributed by atoms with E-state index < -0.39 is 17.1 Å². The number of carbonyl (C=O) groups is 1. The van der Waals surface area contributed by atoms with Gasteiger partial charge in [0.05, 0.1) is 0 Å². The Morgan fingerprint density at radius 2 is 2.40 bits per heavy atom. The van der Waals surface area contributed by atoms with Gasteiger partial charge >= 0.3 is 11.7 Å². The summed E-state index contributed by atoms with van der Waals surface area (Å²) in [5.41, 5.74) is -0.106. The number of nitrogens with zero attached hydrogens (tertiary/aromatic N) is 1. The highest BCUT2D eigenvalue weighted by Crippen LogP contribution is 2.34. The molecule has 2 rings (SSSR count). The summed E-state index contributed by atoms with van der Waals surface area (Å²) < 4.78 is 0. The van der Waals surface area contributed by atoms with Crippen LogP contribution in [0.1, 0.15) is 31.0 Å². The van der Waals surface area contributed by atoms with E-state index in [9.17, 15) is 14.7 Å². The highest BCUT2D eigenvalue weighted by molar-refractivity contribution is 5.80. The van der Waals surface area contributed by atoms with Crippen molar-refractivity contribution in [2.75, 3.05) is 0 Å². The molecule has 5 nitrogen and oxygen atoms in total. The Labute approximate surface area is 86.2 Å².